The largest absolute Gasteiger partial charge is 0.310 e. The second-order valence-corrected chi connectivity index (χ2v) is 5.09. The van der Waals surface area contributed by atoms with Crippen molar-refractivity contribution in [2.75, 3.05) is 6.54 Å². The number of benzene rings is 2. The van der Waals surface area contributed by atoms with Crippen molar-refractivity contribution in [3.63, 3.8) is 0 Å². The maximum absolute atomic E-state index is 13.9. The van der Waals surface area contributed by atoms with Crippen molar-refractivity contribution in [2.45, 2.75) is 19.4 Å². The molecule has 0 saturated heterocycles. The van der Waals surface area contributed by atoms with Crippen LogP contribution in [0.2, 0.25) is 5.02 Å². The zero-order valence-corrected chi connectivity index (χ0v) is 12.2. The number of hydrogen-bond acceptors (Lipinski definition) is 1. The van der Waals surface area contributed by atoms with Crippen LogP contribution in [0.3, 0.4) is 0 Å². The Morgan fingerprint density at radius 2 is 1.86 bits per heavy atom. The monoisotopic (exact) mass is 313 g/mol. The molecule has 1 N–H and O–H groups in total. The lowest BCUT2D eigenvalue weighted by atomic mass is 9.97. The molecule has 2 rings (SSSR count). The van der Waals surface area contributed by atoms with E-state index in [4.69, 9.17) is 11.6 Å². The van der Waals surface area contributed by atoms with Crippen LogP contribution in [0.25, 0.3) is 0 Å². The van der Waals surface area contributed by atoms with Crippen LogP contribution in [0, 0.1) is 17.5 Å². The predicted molar refractivity (Wildman–Crippen MR) is 77.9 cm³/mol. The topological polar surface area (TPSA) is 12.0 Å². The van der Waals surface area contributed by atoms with E-state index in [0.29, 0.717) is 17.1 Å². The van der Waals surface area contributed by atoms with Gasteiger partial charge in [-0.05, 0) is 31.2 Å². The van der Waals surface area contributed by atoms with E-state index in [0.717, 1.165) is 6.07 Å². The van der Waals surface area contributed by atoms with Crippen molar-refractivity contribution >= 4 is 11.6 Å². The van der Waals surface area contributed by atoms with Gasteiger partial charge < -0.3 is 5.32 Å². The minimum atomic E-state index is -0.659. The van der Waals surface area contributed by atoms with Gasteiger partial charge in [0.05, 0.1) is 0 Å². The first-order valence-electron chi connectivity index (χ1n) is 6.64. The third-order valence-corrected chi connectivity index (χ3v) is 3.61. The lowest BCUT2D eigenvalue weighted by molar-refractivity contribution is 0.492. The van der Waals surface area contributed by atoms with Crippen LogP contribution in [0.1, 0.15) is 24.1 Å². The fourth-order valence-corrected chi connectivity index (χ4v) is 2.49. The molecular weight excluding hydrogens is 299 g/mol. The third-order valence-electron chi connectivity index (χ3n) is 3.26. The Balaban J connectivity index is 2.35. The maximum atomic E-state index is 13.9. The third kappa shape index (κ3) is 3.77. The van der Waals surface area contributed by atoms with E-state index in [-0.39, 0.29) is 12.0 Å². The van der Waals surface area contributed by atoms with Crippen LogP contribution < -0.4 is 5.32 Å². The highest BCUT2D eigenvalue weighted by Crippen LogP contribution is 2.27. The zero-order valence-electron chi connectivity index (χ0n) is 11.5. The van der Waals surface area contributed by atoms with Gasteiger partial charge in [0, 0.05) is 28.3 Å². The van der Waals surface area contributed by atoms with Crippen LogP contribution >= 0.6 is 11.6 Å². The number of halogens is 4. The van der Waals surface area contributed by atoms with E-state index >= 15 is 0 Å². The number of likely N-dealkylation sites (N-methyl/N-ethyl adjacent to an activating group) is 1. The highest BCUT2D eigenvalue weighted by atomic mass is 35.5. The van der Waals surface area contributed by atoms with Gasteiger partial charge in [0.25, 0.3) is 0 Å². The Kier molecular flexibility index (Phi) is 5.26. The van der Waals surface area contributed by atoms with E-state index in [1.165, 1.54) is 24.3 Å². The molecule has 0 spiro atoms. The minimum absolute atomic E-state index is 0.182. The summed E-state index contributed by atoms with van der Waals surface area (Å²) in [5.74, 6) is -1.74. The van der Waals surface area contributed by atoms with Gasteiger partial charge in [0.2, 0.25) is 0 Å². The van der Waals surface area contributed by atoms with Crippen LogP contribution in [0.15, 0.2) is 36.4 Å². The van der Waals surface area contributed by atoms with E-state index in [1.807, 2.05) is 6.92 Å². The number of nitrogens with one attached hydrogen (secondary N) is 1. The van der Waals surface area contributed by atoms with Crippen molar-refractivity contribution < 1.29 is 13.2 Å². The summed E-state index contributed by atoms with van der Waals surface area (Å²) >= 11 is 6.00. The molecule has 0 aliphatic heterocycles. The normalized spacial score (nSPS) is 12.4. The van der Waals surface area contributed by atoms with Crippen LogP contribution in [0.4, 0.5) is 13.2 Å². The van der Waals surface area contributed by atoms with Crippen molar-refractivity contribution in [1.29, 1.82) is 0 Å². The summed E-state index contributed by atoms with van der Waals surface area (Å²) < 4.78 is 40.8. The van der Waals surface area contributed by atoms with E-state index < -0.39 is 23.5 Å². The van der Waals surface area contributed by atoms with Gasteiger partial charge in [0.15, 0.2) is 0 Å². The van der Waals surface area contributed by atoms with Crippen molar-refractivity contribution in [3.8, 4) is 0 Å². The first-order chi connectivity index (χ1) is 10.0. The van der Waals surface area contributed by atoms with Crippen molar-refractivity contribution in [1.82, 2.24) is 5.32 Å². The number of rotatable bonds is 5. The highest BCUT2D eigenvalue weighted by Gasteiger charge is 2.19. The van der Waals surface area contributed by atoms with Crippen LogP contribution in [-0.4, -0.2) is 6.54 Å². The van der Waals surface area contributed by atoms with Crippen LogP contribution in [0.5, 0.6) is 0 Å². The average molecular weight is 314 g/mol. The molecule has 0 aromatic heterocycles. The smallest absolute Gasteiger partial charge is 0.130 e. The molecule has 21 heavy (non-hydrogen) atoms. The molecule has 2 aromatic carbocycles. The molecule has 0 heterocycles. The zero-order chi connectivity index (χ0) is 15.4. The van der Waals surface area contributed by atoms with Gasteiger partial charge in [0.1, 0.15) is 17.5 Å². The first kappa shape index (κ1) is 15.9. The standard InChI is InChI=1S/C16H15ClF3N/c1-2-21-16(11-7-6-10(18)8-15(11)20)9-12-13(17)4-3-5-14(12)19/h3-8,16,21H,2,9H2,1H3. The Morgan fingerprint density at radius 1 is 1.10 bits per heavy atom. The lowest BCUT2D eigenvalue weighted by Gasteiger charge is -2.20. The highest BCUT2D eigenvalue weighted by molar-refractivity contribution is 6.31. The molecule has 0 saturated carbocycles. The second-order valence-electron chi connectivity index (χ2n) is 4.68. The molecule has 0 bridgehead atoms. The summed E-state index contributed by atoms with van der Waals surface area (Å²) in [6.07, 6.45) is 0.182. The lowest BCUT2D eigenvalue weighted by Crippen LogP contribution is -2.24. The fourth-order valence-electron chi connectivity index (χ4n) is 2.25. The van der Waals surface area contributed by atoms with Gasteiger partial charge in [-0.3, -0.25) is 0 Å². The van der Waals surface area contributed by atoms with Crippen LogP contribution in [-0.2, 0) is 6.42 Å². The molecule has 0 amide bonds. The average Bonchev–Trinajstić information content (AvgIpc) is 2.42. The number of hydrogen-bond donors (Lipinski definition) is 1. The molecule has 0 radical (unpaired) electrons. The van der Waals surface area contributed by atoms with Gasteiger partial charge in [-0.1, -0.05) is 30.7 Å². The molecule has 0 aliphatic rings. The Bertz CT molecular complexity index is 611. The van der Waals surface area contributed by atoms with Gasteiger partial charge in [-0.15, -0.1) is 0 Å². The van der Waals surface area contributed by atoms with Gasteiger partial charge in [-0.25, -0.2) is 13.2 Å². The van der Waals surface area contributed by atoms with Crippen molar-refractivity contribution in [2.24, 2.45) is 0 Å². The Hall–Kier alpha value is -1.52. The molecular formula is C16H15ClF3N. The van der Waals surface area contributed by atoms with E-state index in [1.54, 1.807) is 6.07 Å². The van der Waals surface area contributed by atoms with E-state index in [9.17, 15) is 13.2 Å². The summed E-state index contributed by atoms with van der Waals surface area (Å²) in [5, 5.41) is 3.37. The first-order valence-corrected chi connectivity index (χ1v) is 7.02. The van der Waals surface area contributed by atoms with Gasteiger partial charge >= 0.3 is 0 Å². The summed E-state index contributed by atoms with van der Waals surface area (Å²) in [5.41, 5.74) is 0.603. The summed E-state index contributed by atoms with van der Waals surface area (Å²) in [6.45, 7) is 2.42. The quantitative estimate of drug-likeness (QED) is 0.847. The molecule has 5 heteroatoms. The Morgan fingerprint density at radius 3 is 2.48 bits per heavy atom. The fraction of sp³-hybridized carbons (Fsp3) is 0.250. The summed E-state index contributed by atoms with van der Waals surface area (Å²) in [7, 11) is 0. The Labute approximate surface area is 126 Å². The molecule has 1 atom stereocenters. The SMILES string of the molecule is CCNC(Cc1c(F)cccc1Cl)c1ccc(F)cc1F. The van der Waals surface area contributed by atoms with E-state index in [2.05, 4.69) is 5.32 Å². The minimum Gasteiger partial charge on any atom is -0.310 e. The predicted octanol–water partition coefficient (Wildman–Crippen LogP) is 4.65. The molecule has 1 unspecified atom stereocenters. The van der Waals surface area contributed by atoms with Crippen molar-refractivity contribution in [3.05, 3.63) is 70.0 Å². The summed E-state index contributed by atoms with van der Waals surface area (Å²) in [6, 6.07) is 7.31. The second kappa shape index (κ2) is 6.96. The molecule has 112 valence electrons. The summed E-state index contributed by atoms with van der Waals surface area (Å²) in [4.78, 5) is 0. The van der Waals surface area contributed by atoms with Gasteiger partial charge in [-0.2, -0.15) is 0 Å². The molecule has 0 fully saturated rings. The molecule has 0 aliphatic carbocycles. The molecule has 1 nitrogen and oxygen atoms in total. The maximum Gasteiger partial charge on any atom is 0.130 e. The molecule has 2 aromatic rings.